The number of nitrogens with one attached hydrogen (secondary N) is 1. The van der Waals surface area contributed by atoms with Crippen molar-refractivity contribution in [2.24, 2.45) is 5.92 Å². The number of benzene rings is 2. The number of hydrogen-bond donors (Lipinski definition) is 1. The van der Waals surface area contributed by atoms with Gasteiger partial charge in [-0.25, -0.2) is 8.42 Å². The molecule has 3 aromatic rings. The summed E-state index contributed by atoms with van der Waals surface area (Å²) < 4.78 is 28.5. The van der Waals surface area contributed by atoms with E-state index < -0.39 is 9.84 Å². The Morgan fingerprint density at radius 3 is 2.71 bits per heavy atom. The van der Waals surface area contributed by atoms with Crippen molar-refractivity contribution >= 4 is 43.4 Å². The van der Waals surface area contributed by atoms with Gasteiger partial charge in [0.1, 0.15) is 11.2 Å². The van der Waals surface area contributed by atoms with Crippen LogP contribution in [0.5, 0.6) is 0 Å². The topological polar surface area (TPSA) is 76.4 Å². The highest BCUT2D eigenvalue weighted by Gasteiger charge is 2.23. The summed E-state index contributed by atoms with van der Waals surface area (Å²) in [5.74, 6) is -0.450. The van der Waals surface area contributed by atoms with Gasteiger partial charge in [-0.15, -0.1) is 0 Å². The molecule has 1 aromatic heterocycles. The van der Waals surface area contributed by atoms with Gasteiger partial charge in [0.15, 0.2) is 9.84 Å². The van der Waals surface area contributed by atoms with Gasteiger partial charge in [0.05, 0.1) is 5.75 Å². The molecule has 122 valence electrons. The molecule has 1 atom stereocenters. The number of furan rings is 1. The van der Waals surface area contributed by atoms with Gasteiger partial charge in [-0.2, -0.15) is 0 Å². The quantitative estimate of drug-likeness (QED) is 0.791. The third-order valence-corrected chi connectivity index (χ3v) is 5.58. The summed E-state index contributed by atoms with van der Waals surface area (Å²) in [7, 11) is -3.13. The van der Waals surface area contributed by atoms with Crippen molar-refractivity contribution in [3.8, 4) is 0 Å². The van der Waals surface area contributed by atoms with Crippen LogP contribution in [0.15, 0.2) is 58.4 Å². The zero-order valence-electron chi connectivity index (χ0n) is 12.7. The van der Waals surface area contributed by atoms with Crippen molar-refractivity contribution in [3.05, 3.63) is 53.9 Å². The molecule has 4 rings (SSSR count). The maximum Gasteiger partial charge on any atom is 0.224 e. The van der Waals surface area contributed by atoms with E-state index in [1.807, 2.05) is 36.4 Å². The predicted molar refractivity (Wildman–Crippen MR) is 93.4 cm³/mol. The fourth-order valence-corrected chi connectivity index (χ4v) is 4.42. The normalized spacial score (nSPS) is 19.1. The molecule has 1 aliphatic rings. The second-order valence-electron chi connectivity index (χ2n) is 5.98. The average Bonchev–Trinajstić information content (AvgIpc) is 3.07. The van der Waals surface area contributed by atoms with Crippen LogP contribution in [0.4, 0.5) is 5.69 Å². The van der Waals surface area contributed by atoms with Gasteiger partial charge in [0.2, 0.25) is 5.91 Å². The molecule has 0 bridgehead atoms. The number of carbonyl (C=O) groups is 1. The summed E-state index contributed by atoms with van der Waals surface area (Å²) in [5, 5.41) is 5.95. The summed E-state index contributed by atoms with van der Waals surface area (Å²) in [6, 6.07) is 13.2. The van der Waals surface area contributed by atoms with Crippen molar-refractivity contribution in [1.29, 1.82) is 0 Å². The number of anilines is 1. The number of allylic oxidation sites excluding steroid dienone is 1. The highest BCUT2D eigenvalue weighted by molar-refractivity contribution is 7.94. The molecule has 5 nitrogen and oxygen atoms in total. The fraction of sp³-hybridized carbons (Fsp3) is 0.167. The van der Waals surface area contributed by atoms with E-state index in [9.17, 15) is 13.2 Å². The van der Waals surface area contributed by atoms with Crippen molar-refractivity contribution < 1.29 is 17.6 Å². The molecule has 1 aliphatic heterocycles. The zero-order valence-corrected chi connectivity index (χ0v) is 13.5. The lowest BCUT2D eigenvalue weighted by Gasteiger charge is -2.08. The Balaban J connectivity index is 1.55. The summed E-state index contributed by atoms with van der Waals surface area (Å²) >= 11 is 0. The monoisotopic (exact) mass is 341 g/mol. The van der Waals surface area contributed by atoms with Crippen molar-refractivity contribution in [2.75, 3.05) is 11.1 Å². The Bertz CT molecular complexity index is 1080. The molecule has 2 aromatic carbocycles. The Labute approximate surface area is 138 Å². The van der Waals surface area contributed by atoms with Gasteiger partial charge < -0.3 is 9.73 Å². The van der Waals surface area contributed by atoms with Gasteiger partial charge in [-0.3, -0.25) is 4.79 Å². The van der Waals surface area contributed by atoms with Crippen LogP contribution in [0.3, 0.4) is 0 Å². The van der Waals surface area contributed by atoms with Crippen LogP contribution in [0, 0.1) is 5.92 Å². The SMILES string of the molecule is O=C(CC1C=CS(=O)(=O)C1)Nc1ccc2oc3ccccc3c2c1. The van der Waals surface area contributed by atoms with Gasteiger partial charge in [0.25, 0.3) is 0 Å². The van der Waals surface area contributed by atoms with Crippen LogP contribution in [-0.2, 0) is 14.6 Å². The smallest absolute Gasteiger partial charge is 0.224 e. The van der Waals surface area contributed by atoms with Crippen LogP contribution in [0.1, 0.15) is 6.42 Å². The van der Waals surface area contributed by atoms with Crippen LogP contribution in [0.2, 0.25) is 0 Å². The number of sulfone groups is 1. The molecule has 24 heavy (non-hydrogen) atoms. The van der Waals surface area contributed by atoms with Gasteiger partial charge in [-0.1, -0.05) is 24.3 Å². The standard InChI is InChI=1S/C18H15NO4S/c20-18(9-12-7-8-24(21,22)11-12)19-13-5-6-17-15(10-13)14-3-1-2-4-16(14)23-17/h1-8,10,12H,9,11H2,(H,19,20). The summed E-state index contributed by atoms with van der Waals surface area (Å²) in [6.45, 7) is 0. The van der Waals surface area contributed by atoms with E-state index >= 15 is 0 Å². The van der Waals surface area contributed by atoms with E-state index in [1.54, 1.807) is 12.1 Å². The summed E-state index contributed by atoms with van der Waals surface area (Å²) in [4.78, 5) is 12.2. The molecule has 1 unspecified atom stereocenters. The lowest BCUT2D eigenvalue weighted by Crippen LogP contribution is -2.17. The predicted octanol–water partition coefficient (Wildman–Crippen LogP) is 3.47. The van der Waals surface area contributed by atoms with Crippen molar-refractivity contribution in [1.82, 2.24) is 0 Å². The van der Waals surface area contributed by atoms with Gasteiger partial charge >= 0.3 is 0 Å². The molecule has 0 spiro atoms. The third kappa shape index (κ3) is 2.80. The Morgan fingerprint density at radius 2 is 1.92 bits per heavy atom. The van der Waals surface area contributed by atoms with E-state index in [0.29, 0.717) is 5.69 Å². The highest BCUT2D eigenvalue weighted by atomic mass is 32.2. The maximum atomic E-state index is 12.2. The molecular formula is C18H15NO4S. The molecule has 1 amide bonds. The first-order valence-corrected chi connectivity index (χ1v) is 9.34. The van der Waals surface area contributed by atoms with Crippen molar-refractivity contribution in [3.63, 3.8) is 0 Å². The molecule has 0 saturated carbocycles. The first kappa shape index (κ1) is 15.0. The lowest BCUT2D eigenvalue weighted by atomic mass is 10.1. The highest BCUT2D eigenvalue weighted by Crippen LogP contribution is 2.30. The molecule has 6 heteroatoms. The Hall–Kier alpha value is -2.60. The lowest BCUT2D eigenvalue weighted by molar-refractivity contribution is -0.116. The molecule has 1 N–H and O–H groups in total. The molecular weight excluding hydrogens is 326 g/mol. The Morgan fingerprint density at radius 1 is 1.12 bits per heavy atom. The zero-order chi connectivity index (χ0) is 16.7. The minimum Gasteiger partial charge on any atom is -0.456 e. The van der Waals surface area contributed by atoms with E-state index in [2.05, 4.69) is 5.32 Å². The number of rotatable bonds is 3. The van der Waals surface area contributed by atoms with Crippen molar-refractivity contribution in [2.45, 2.75) is 6.42 Å². The van der Waals surface area contributed by atoms with Gasteiger partial charge in [-0.05, 0) is 24.3 Å². The minimum atomic E-state index is -3.13. The fourth-order valence-electron chi connectivity index (χ4n) is 3.02. The summed E-state index contributed by atoms with van der Waals surface area (Å²) in [5.41, 5.74) is 2.24. The molecule has 0 aliphatic carbocycles. The molecule has 0 radical (unpaired) electrons. The first-order chi connectivity index (χ1) is 11.5. The molecule has 2 heterocycles. The largest absolute Gasteiger partial charge is 0.456 e. The van der Waals surface area contributed by atoms with E-state index in [1.165, 1.54) is 5.41 Å². The third-order valence-electron chi connectivity index (χ3n) is 4.11. The number of hydrogen-bond acceptors (Lipinski definition) is 4. The number of fused-ring (bicyclic) bond motifs is 3. The Kier molecular flexibility index (Phi) is 3.42. The molecule has 0 saturated heterocycles. The van der Waals surface area contributed by atoms with Crippen LogP contribution >= 0.6 is 0 Å². The van der Waals surface area contributed by atoms with Crippen LogP contribution in [-0.4, -0.2) is 20.1 Å². The maximum absolute atomic E-state index is 12.2. The second-order valence-corrected chi connectivity index (χ2v) is 7.91. The number of carbonyl (C=O) groups excluding carboxylic acids is 1. The first-order valence-electron chi connectivity index (χ1n) is 7.62. The number of amides is 1. The second kappa shape index (κ2) is 5.49. The summed E-state index contributed by atoms with van der Waals surface area (Å²) in [6.07, 6.45) is 1.74. The van der Waals surface area contributed by atoms with E-state index in [4.69, 9.17) is 4.42 Å². The van der Waals surface area contributed by atoms with E-state index in [-0.39, 0.29) is 24.0 Å². The number of para-hydroxylation sites is 1. The van der Waals surface area contributed by atoms with Crippen LogP contribution in [0.25, 0.3) is 21.9 Å². The van der Waals surface area contributed by atoms with Gasteiger partial charge in [0, 0.05) is 34.2 Å². The van der Waals surface area contributed by atoms with E-state index in [0.717, 1.165) is 21.9 Å². The average molecular weight is 341 g/mol. The van der Waals surface area contributed by atoms with Crippen LogP contribution < -0.4 is 5.32 Å². The minimum absolute atomic E-state index is 0.00578. The molecule has 0 fully saturated rings.